The molecule has 0 aliphatic carbocycles. The van der Waals surface area contributed by atoms with Crippen molar-refractivity contribution < 1.29 is 19.2 Å². The Hall–Kier alpha value is -2.70. The lowest BCUT2D eigenvalue weighted by Gasteiger charge is -2.10. The minimum Gasteiger partial charge on any atom is -0.481 e. The van der Waals surface area contributed by atoms with Crippen molar-refractivity contribution in [1.82, 2.24) is 10.1 Å². The first-order valence-electron chi connectivity index (χ1n) is 7.22. The minimum absolute atomic E-state index is 0.0598. The number of anilines is 1. The van der Waals surface area contributed by atoms with Crippen molar-refractivity contribution in [3.63, 3.8) is 0 Å². The Labute approximate surface area is 133 Å². The number of carbonyl (C=O) groups excluding carboxylic acids is 1. The zero-order chi connectivity index (χ0) is 17.0. The lowest BCUT2D eigenvalue weighted by Crippen LogP contribution is -2.13. The van der Waals surface area contributed by atoms with Crippen LogP contribution in [0.3, 0.4) is 0 Å². The normalized spacial score (nSPS) is 11.3. The SMILES string of the molecule is CC(C)(C)c1noc(-c2ccc(NC(=O)CCC(=O)O)cc2)n1. The number of amides is 1. The van der Waals surface area contributed by atoms with E-state index in [1.807, 2.05) is 20.8 Å². The fourth-order valence-corrected chi connectivity index (χ4v) is 1.79. The molecule has 0 atom stereocenters. The fourth-order valence-electron chi connectivity index (χ4n) is 1.79. The standard InChI is InChI=1S/C16H19N3O4/c1-16(2,3)15-18-14(23-19-15)10-4-6-11(7-5-10)17-12(20)8-9-13(21)22/h4-7H,8-9H2,1-3H3,(H,17,20)(H,21,22). The second-order valence-corrected chi connectivity index (χ2v) is 6.19. The lowest BCUT2D eigenvalue weighted by molar-refractivity contribution is -0.138. The lowest BCUT2D eigenvalue weighted by atomic mass is 9.96. The third kappa shape index (κ3) is 4.64. The number of aliphatic carboxylic acids is 1. The number of aromatic nitrogens is 2. The summed E-state index contributed by atoms with van der Waals surface area (Å²) < 4.78 is 5.25. The smallest absolute Gasteiger partial charge is 0.303 e. The van der Waals surface area contributed by atoms with Gasteiger partial charge in [0.15, 0.2) is 5.82 Å². The molecule has 23 heavy (non-hydrogen) atoms. The number of carbonyl (C=O) groups is 2. The van der Waals surface area contributed by atoms with Gasteiger partial charge >= 0.3 is 5.97 Å². The summed E-state index contributed by atoms with van der Waals surface area (Å²) in [6, 6.07) is 6.92. The second-order valence-electron chi connectivity index (χ2n) is 6.19. The quantitative estimate of drug-likeness (QED) is 0.878. The van der Waals surface area contributed by atoms with E-state index in [0.717, 1.165) is 5.56 Å². The molecular weight excluding hydrogens is 298 g/mol. The maximum atomic E-state index is 11.6. The number of nitrogens with zero attached hydrogens (tertiary/aromatic N) is 2. The molecule has 0 bridgehead atoms. The molecule has 2 aromatic rings. The van der Waals surface area contributed by atoms with E-state index in [4.69, 9.17) is 9.63 Å². The van der Waals surface area contributed by atoms with E-state index in [0.29, 0.717) is 17.4 Å². The molecule has 1 aromatic heterocycles. The van der Waals surface area contributed by atoms with Gasteiger partial charge in [-0.2, -0.15) is 4.98 Å². The van der Waals surface area contributed by atoms with E-state index in [-0.39, 0.29) is 24.2 Å². The van der Waals surface area contributed by atoms with E-state index >= 15 is 0 Å². The molecule has 1 heterocycles. The van der Waals surface area contributed by atoms with Crippen LogP contribution in [0.1, 0.15) is 39.4 Å². The van der Waals surface area contributed by atoms with Gasteiger partial charge in [0.25, 0.3) is 5.89 Å². The molecule has 0 aliphatic rings. The van der Waals surface area contributed by atoms with E-state index < -0.39 is 5.97 Å². The highest BCUT2D eigenvalue weighted by Gasteiger charge is 2.21. The molecule has 0 radical (unpaired) electrons. The van der Waals surface area contributed by atoms with Gasteiger partial charge in [-0.25, -0.2) is 0 Å². The Bertz CT molecular complexity index is 699. The van der Waals surface area contributed by atoms with Crippen LogP contribution in [0.25, 0.3) is 11.5 Å². The third-order valence-electron chi connectivity index (χ3n) is 3.08. The molecule has 2 N–H and O–H groups in total. The van der Waals surface area contributed by atoms with Gasteiger partial charge in [-0.05, 0) is 24.3 Å². The number of carboxylic acids is 1. The summed E-state index contributed by atoms with van der Waals surface area (Å²) in [6.07, 6.45) is -0.253. The van der Waals surface area contributed by atoms with Gasteiger partial charge in [0.2, 0.25) is 5.91 Å². The number of rotatable bonds is 5. The Morgan fingerprint density at radius 2 is 1.83 bits per heavy atom. The van der Waals surface area contributed by atoms with Crippen molar-refractivity contribution in [3.8, 4) is 11.5 Å². The van der Waals surface area contributed by atoms with Gasteiger partial charge in [-0.1, -0.05) is 25.9 Å². The highest BCUT2D eigenvalue weighted by atomic mass is 16.5. The van der Waals surface area contributed by atoms with Crippen molar-refractivity contribution in [2.45, 2.75) is 39.0 Å². The average Bonchev–Trinajstić information content (AvgIpc) is 2.96. The predicted octanol–water partition coefficient (Wildman–Crippen LogP) is 2.84. The first-order chi connectivity index (χ1) is 10.8. The molecule has 1 aromatic carbocycles. The van der Waals surface area contributed by atoms with Crippen molar-refractivity contribution >= 4 is 17.6 Å². The monoisotopic (exact) mass is 317 g/mol. The highest BCUT2D eigenvalue weighted by molar-refractivity contribution is 5.92. The summed E-state index contributed by atoms with van der Waals surface area (Å²) in [5, 5.41) is 15.1. The molecule has 0 fully saturated rings. The van der Waals surface area contributed by atoms with Gasteiger partial charge in [0.05, 0.1) is 6.42 Å². The molecule has 0 unspecified atom stereocenters. The van der Waals surface area contributed by atoms with Crippen LogP contribution in [0.15, 0.2) is 28.8 Å². The Kier molecular flexibility index (Phi) is 4.78. The maximum absolute atomic E-state index is 11.6. The molecule has 122 valence electrons. The summed E-state index contributed by atoms with van der Waals surface area (Å²) in [4.78, 5) is 26.4. The maximum Gasteiger partial charge on any atom is 0.303 e. The van der Waals surface area contributed by atoms with Crippen molar-refractivity contribution in [2.24, 2.45) is 0 Å². The molecular formula is C16H19N3O4. The largest absolute Gasteiger partial charge is 0.481 e. The van der Waals surface area contributed by atoms with Crippen molar-refractivity contribution in [2.75, 3.05) is 5.32 Å². The predicted molar refractivity (Wildman–Crippen MR) is 83.9 cm³/mol. The Balaban J connectivity index is 2.03. The molecule has 0 saturated carbocycles. The van der Waals surface area contributed by atoms with Crippen LogP contribution in [0.2, 0.25) is 0 Å². The number of carboxylic acid groups (broad SMARTS) is 1. The number of nitrogens with one attached hydrogen (secondary N) is 1. The van der Waals surface area contributed by atoms with Crippen LogP contribution in [0, 0.1) is 0 Å². The zero-order valence-corrected chi connectivity index (χ0v) is 13.3. The topological polar surface area (TPSA) is 105 Å². The van der Waals surface area contributed by atoms with E-state index in [9.17, 15) is 9.59 Å². The summed E-state index contributed by atoms with van der Waals surface area (Å²) in [5.74, 6) is -0.299. The van der Waals surface area contributed by atoms with Crippen molar-refractivity contribution in [1.29, 1.82) is 0 Å². The molecule has 7 nitrogen and oxygen atoms in total. The minimum atomic E-state index is -0.999. The Morgan fingerprint density at radius 1 is 1.17 bits per heavy atom. The molecule has 0 spiro atoms. The molecule has 7 heteroatoms. The van der Waals surface area contributed by atoms with Gasteiger partial charge in [-0.3, -0.25) is 9.59 Å². The molecule has 0 aliphatic heterocycles. The van der Waals surface area contributed by atoms with Gasteiger partial charge < -0.3 is 14.9 Å². The average molecular weight is 317 g/mol. The van der Waals surface area contributed by atoms with Crippen LogP contribution in [-0.4, -0.2) is 27.1 Å². The summed E-state index contributed by atoms with van der Waals surface area (Å²) in [7, 11) is 0. The van der Waals surface area contributed by atoms with Gasteiger partial charge in [-0.15, -0.1) is 0 Å². The van der Waals surface area contributed by atoms with E-state index in [1.54, 1.807) is 24.3 Å². The van der Waals surface area contributed by atoms with E-state index in [2.05, 4.69) is 15.5 Å². The van der Waals surface area contributed by atoms with Gasteiger partial charge in [0, 0.05) is 23.1 Å². The van der Waals surface area contributed by atoms with Crippen LogP contribution < -0.4 is 5.32 Å². The summed E-state index contributed by atoms with van der Waals surface area (Å²) in [6.45, 7) is 5.99. The molecule has 2 rings (SSSR count). The first kappa shape index (κ1) is 16.7. The first-order valence-corrected chi connectivity index (χ1v) is 7.22. The highest BCUT2D eigenvalue weighted by Crippen LogP contribution is 2.24. The number of benzene rings is 1. The summed E-state index contributed by atoms with van der Waals surface area (Å²) in [5.41, 5.74) is 1.14. The molecule has 0 saturated heterocycles. The molecule has 1 amide bonds. The van der Waals surface area contributed by atoms with Crippen LogP contribution in [0.5, 0.6) is 0 Å². The van der Waals surface area contributed by atoms with Crippen LogP contribution in [0.4, 0.5) is 5.69 Å². The van der Waals surface area contributed by atoms with Crippen molar-refractivity contribution in [3.05, 3.63) is 30.1 Å². The van der Waals surface area contributed by atoms with E-state index in [1.165, 1.54) is 0 Å². The van der Waals surface area contributed by atoms with Crippen LogP contribution in [-0.2, 0) is 15.0 Å². The fraction of sp³-hybridized carbons (Fsp3) is 0.375. The second kappa shape index (κ2) is 6.60. The van der Waals surface area contributed by atoms with Gasteiger partial charge in [0.1, 0.15) is 0 Å². The Morgan fingerprint density at radius 3 is 2.35 bits per heavy atom. The third-order valence-corrected chi connectivity index (χ3v) is 3.08. The number of hydrogen-bond donors (Lipinski definition) is 2. The zero-order valence-electron chi connectivity index (χ0n) is 13.3. The summed E-state index contributed by atoms with van der Waals surface area (Å²) >= 11 is 0. The van der Waals surface area contributed by atoms with Crippen LogP contribution >= 0.6 is 0 Å². The number of hydrogen-bond acceptors (Lipinski definition) is 5.